The maximum Gasteiger partial charge on any atom is 0.236 e. The Morgan fingerprint density at radius 2 is 1.59 bits per heavy atom. The summed E-state index contributed by atoms with van der Waals surface area (Å²) < 4.78 is 13.2. The highest BCUT2D eigenvalue weighted by Crippen LogP contribution is 2.42. The molecule has 3 heterocycles. The van der Waals surface area contributed by atoms with Crippen LogP contribution in [-0.4, -0.2) is 60.9 Å². The van der Waals surface area contributed by atoms with E-state index in [1.165, 1.54) is 25.0 Å². The van der Waals surface area contributed by atoms with Crippen molar-refractivity contribution in [3.05, 3.63) is 30.1 Å². The van der Waals surface area contributed by atoms with Gasteiger partial charge in [0.1, 0.15) is 5.82 Å². The van der Waals surface area contributed by atoms with Gasteiger partial charge in [-0.25, -0.2) is 4.39 Å². The molecule has 146 valence electrons. The van der Waals surface area contributed by atoms with Crippen molar-refractivity contribution in [2.45, 2.75) is 38.5 Å². The van der Waals surface area contributed by atoms with Crippen LogP contribution >= 0.6 is 0 Å². The fourth-order valence-electron chi connectivity index (χ4n) is 4.82. The fraction of sp³-hybridized carbons (Fsp3) is 0.619. The number of carbonyl (C=O) groups is 2. The predicted octanol–water partition coefficient (Wildman–Crippen LogP) is 2.66. The van der Waals surface area contributed by atoms with E-state index in [1.54, 1.807) is 12.1 Å². The molecular formula is C21H28FN3O2. The standard InChI is InChI=1S/C21H28FN3O2/c22-17-4-6-18(7-5-17)25-13-3-8-21(20(25)27)9-14-24(15-10-21)19(26)16-23-11-1-2-12-23/h4-7H,1-3,8-16H2. The predicted molar refractivity (Wildman–Crippen MR) is 102 cm³/mol. The van der Waals surface area contributed by atoms with Crippen molar-refractivity contribution in [1.29, 1.82) is 0 Å². The average molecular weight is 373 g/mol. The summed E-state index contributed by atoms with van der Waals surface area (Å²) in [5, 5.41) is 0. The SMILES string of the molecule is O=C(CN1CCCC1)N1CCC2(CCCN(c3ccc(F)cc3)C2=O)CC1. The van der Waals surface area contributed by atoms with Crippen LogP contribution in [0, 0.1) is 11.2 Å². The molecule has 27 heavy (non-hydrogen) atoms. The van der Waals surface area contributed by atoms with Crippen LogP contribution in [-0.2, 0) is 9.59 Å². The van der Waals surface area contributed by atoms with Gasteiger partial charge >= 0.3 is 0 Å². The number of anilines is 1. The van der Waals surface area contributed by atoms with Gasteiger partial charge < -0.3 is 9.80 Å². The van der Waals surface area contributed by atoms with Crippen molar-refractivity contribution >= 4 is 17.5 Å². The molecular weight excluding hydrogens is 345 g/mol. The molecule has 0 aliphatic carbocycles. The molecule has 0 saturated carbocycles. The number of amides is 2. The summed E-state index contributed by atoms with van der Waals surface area (Å²) >= 11 is 0. The Kier molecular flexibility index (Phi) is 5.17. The monoisotopic (exact) mass is 373 g/mol. The van der Waals surface area contributed by atoms with Crippen LogP contribution in [0.25, 0.3) is 0 Å². The third-order valence-electron chi connectivity index (χ3n) is 6.50. The van der Waals surface area contributed by atoms with Gasteiger partial charge in [-0.05, 0) is 75.9 Å². The molecule has 3 aliphatic rings. The summed E-state index contributed by atoms with van der Waals surface area (Å²) in [5.41, 5.74) is 0.407. The minimum atomic E-state index is -0.364. The maximum absolute atomic E-state index is 13.3. The molecule has 0 bridgehead atoms. The van der Waals surface area contributed by atoms with Crippen LogP contribution in [0.1, 0.15) is 38.5 Å². The lowest BCUT2D eigenvalue weighted by Gasteiger charge is -2.46. The second-order valence-corrected chi connectivity index (χ2v) is 8.18. The zero-order chi connectivity index (χ0) is 18.9. The number of likely N-dealkylation sites (tertiary alicyclic amines) is 2. The molecule has 0 atom stereocenters. The number of hydrogen-bond acceptors (Lipinski definition) is 3. The zero-order valence-corrected chi connectivity index (χ0v) is 15.8. The minimum absolute atomic E-state index is 0.145. The van der Waals surface area contributed by atoms with Crippen molar-refractivity contribution in [3.63, 3.8) is 0 Å². The molecule has 3 saturated heterocycles. The Labute approximate surface area is 160 Å². The first-order chi connectivity index (χ1) is 13.1. The van der Waals surface area contributed by atoms with Crippen LogP contribution in [0.4, 0.5) is 10.1 Å². The van der Waals surface area contributed by atoms with Crippen molar-refractivity contribution in [2.24, 2.45) is 5.41 Å². The number of rotatable bonds is 3. The zero-order valence-electron chi connectivity index (χ0n) is 15.8. The highest BCUT2D eigenvalue weighted by atomic mass is 19.1. The Hall–Kier alpha value is -1.95. The van der Waals surface area contributed by atoms with E-state index in [1.807, 2.05) is 9.80 Å². The molecule has 1 aromatic carbocycles. The molecule has 0 aromatic heterocycles. The molecule has 0 radical (unpaired) electrons. The van der Waals surface area contributed by atoms with Crippen LogP contribution < -0.4 is 4.90 Å². The lowest BCUT2D eigenvalue weighted by molar-refractivity contribution is -0.141. The molecule has 2 amide bonds. The lowest BCUT2D eigenvalue weighted by Crippen LogP contribution is -2.55. The van der Waals surface area contributed by atoms with Crippen LogP contribution in [0.15, 0.2) is 24.3 Å². The number of carbonyl (C=O) groups excluding carboxylic acids is 2. The number of halogens is 1. The van der Waals surface area contributed by atoms with E-state index >= 15 is 0 Å². The fourth-order valence-corrected chi connectivity index (χ4v) is 4.82. The van der Waals surface area contributed by atoms with Crippen LogP contribution in [0.5, 0.6) is 0 Å². The summed E-state index contributed by atoms with van der Waals surface area (Å²) in [7, 11) is 0. The van der Waals surface area contributed by atoms with Crippen molar-refractivity contribution in [2.75, 3.05) is 44.2 Å². The number of benzene rings is 1. The summed E-state index contributed by atoms with van der Waals surface area (Å²) in [6.07, 6.45) is 5.67. The van der Waals surface area contributed by atoms with Gasteiger partial charge in [0.05, 0.1) is 12.0 Å². The van der Waals surface area contributed by atoms with Gasteiger partial charge in [0, 0.05) is 25.3 Å². The summed E-state index contributed by atoms with van der Waals surface area (Å²) in [5.74, 6) is 0.0557. The first-order valence-corrected chi connectivity index (χ1v) is 10.2. The third-order valence-corrected chi connectivity index (χ3v) is 6.50. The number of nitrogens with zero attached hydrogens (tertiary/aromatic N) is 3. The smallest absolute Gasteiger partial charge is 0.236 e. The molecule has 6 heteroatoms. The highest BCUT2D eigenvalue weighted by molar-refractivity contribution is 5.98. The Balaban J connectivity index is 1.39. The van der Waals surface area contributed by atoms with Crippen molar-refractivity contribution in [1.82, 2.24) is 9.80 Å². The third kappa shape index (κ3) is 3.72. The Morgan fingerprint density at radius 1 is 0.926 bits per heavy atom. The van der Waals surface area contributed by atoms with E-state index in [-0.39, 0.29) is 23.0 Å². The van der Waals surface area contributed by atoms with E-state index < -0.39 is 0 Å². The highest BCUT2D eigenvalue weighted by Gasteiger charge is 2.46. The van der Waals surface area contributed by atoms with Gasteiger partial charge in [0.25, 0.3) is 0 Å². The second kappa shape index (κ2) is 7.58. The van der Waals surface area contributed by atoms with Crippen molar-refractivity contribution in [3.8, 4) is 0 Å². The van der Waals surface area contributed by atoms with E-state index in [0.29, 0.717) is 26.2 Å². The van der Waals surface area contributed by atoms with E-state index in [2.05, 4.69) is 4.90 Å². The molecule has 4 rings (SSSR count). The molecule has 3 fully saturated rings. The summed E-state index contributed by atoms with van der Waals surface area (Å²) in [6, 6.07) is 6.18. The largest absolute Gasteiger partial charge is 0.342 e. The molecule has 0 N–H and O–H groups in total. The first-order valence-electron chi connectivity index (χ1n) is 10.2. The van der Waals surface area contributed by atoms with Gasteiger partial charge in [-0.15, -0.1) is 0 Å². The van der Waals surface area contributed by atoms with Gasteiger partial charge in [0.15, 0.2) is 0 Å². The Bertz CT molecular complexity index is 692. The van der Waals surface area contributed by atoms with Gasteiger partial charge in [-0.3, -0.25) is 14.5 Å². The van der Waals surface area contributed by atoms with Gasteiger partial charge in [-0.1, -0.05) is 0 Å². The lowest BCUT2D eigenvalue weighted by atomic mass is 9.71. The van der Waals surface area contributed by atoms with Crippen molar-refractivity contribution < 1.29 is 14.0 Å². The van der Waals surface area contributed by atoms with Crippen LogP contribution in [0.3, 0.4) is 0 Å². The molecule has 5 nitrogen and oxygen atoms in total. The van der Waals surface area contributed by atoms with E-state index in [0.717, 1.165) is 44.5 Å². The quantitative estimate of drug-likeness (QED) is 0.818. The number of piperidine rings is 2. The molecule has 3 aliphatic heterocycles. The van der Waals surface area contributed by atoms with Gasteiger partial charge in [0.2, 0.25) is 11.8 Å². The van der Waals surface area contributed by atoms with E-state index in [4.69, 9.17) is 0 Å². The van der Waals surface area contributed by atoms with E-state index in [9.17, 15) is 14.0 Å². The molecule has 0 unspecified atom stereocenters. The second-order valence-electron chi connectivity index (χ2n) is 8.18. The minimum Gasteiger partial charge on any atom is -0.342 e. The van der Waals surface area contributed by atoms with Gasteiger partial charge in [-0.2, -0.15) is 0 Å². The molecule has 1 spiro atoms. The summed E-state index contributed by atoms with van der Waals surface area (Å²) in [4.78, 5) is 31.8. The Morgan fingerprint density at radius 3 is 2.26 bits per heavy atom. The normalized spacial score (nSPS) is 23.2. The van der Waals surface area contributed by atoms with Crippen LogP contribution in [0.2, 0.25) is 0 Å². The summed E-state index contributed by atoms with van der Waals surface area (Å²) in [6.45, 7) is 4.57. The molecule has 1 aromatic rings. The number of hydrogen-bond donors (Lipinski definition) is 0. The first kappa shape index (κ1) is 18.4. The topological polar surface area (TPSA) is 43.9 Å². The average Bonchev–Trinajstić information content (AvgIpc) is 3.18. The maximum atomic E-state index is 13.3.